The highest BCUT2D eigenvalue weighted by molar-refractivity contribution is 6.29. The zero-order valence-corrected chi connectivity index (χ0v) is 14.4. The summed E-state index contributed by atoms with van der Waals surface area (Å²) in [5.74, 6) is 0. The maximum absolute atomic E-state index is 13.1. The van der Waals surface area contributed by atoms with Gasteiger partial charge in [0.15, 0.2) is 0 Å². The van der Waals surface area contributed by atoms with E-state index in [1.165, 1.54) is 6.07 Å². The van der Waals surface area contributed by atoms with E-state index in [0.29, 0.717) is 17.3 Å². The smallest absolute Gasteiger partial charge is 0.297 e. The van der Waals surface area contributed by atoms with Crippen molar-refractivity contribution in [1.82, 2.24) is 14.8 Å². The summed E-state index contributed by atoms with van der Waals surface area (Å²) in [4.78, 5) is 8.42. The summed E-state index contributed by atoms with van der Waals surface area (Å²) in [5.41, 5.74) is 0.885. The van der Waals surface area contributed by atoms with E-state index in [0.717, 1.165) is 44.4 Å². The van der Waals surface area contributed by atoms with Gasteiger partial charge in [0, 0.05) is 45.5 Å². The van der Waals surface area contributed by atoms with Crippen LogP contribution in [-0.2, 0) is 19.3 Å². The molecule has 0 atom stereocenters. The Bertz CT molecular complexity index is 695. The van der Waals surface area contributed by atoms with Gasteiger partial charge in [-0.15, -0.1) is 0 Å². The molecule has 3 nitrogen and oxygen atoms in total. The van der Waals surface area contributed by atoms with Gasteiger partial charge in [0.2, 0.25) is 0 Å². The van der Waals surface area contributed by atoms with Crippen LogP contribution in [0.5, 0.6) is 0 Å². The Morgan fingerprint density at radius 2 is 1.56 bits per heavy atom. The van der Waals surface area contributed by atoms with Crippen molar-refractivity contribution in [2.45, 2.75) is 19.3 Å². The van der Waals surface area contributed by atoms with Crippen LogP contribution in [0.3, 0.4) is 0 Å². The van der Waals surface area contributed by atoms with Gasteiger partial charge in [0.1, 0.15) is 5.15 Å². The molecule has 0 aliphatic carbocycles. The standard InChI is InChI=1S/C18H19ClF3N3/c19-17-6-5-14(11-23-17)12-24-7-9-25(10-8-24)13-15-3-1-2-4-16(15)18(20,21)22/h1-6,11H,7-10,12-13H2. The largest absolute Gasteiger partial charge is 0.416 e. The van der Waals surface area contributed by atoms with Crippen LogP contribution in [0.4, 0.5) is 13.2 Å². The number of alkyl halides is 3. The van der Waals surface area contributed by atoms with Gasteiger partial charge < -0.3 is 0 Å². The Morgan fingerprint density at radius 1 is 0.920 bits per heavy atom. The number of benzene rings is 1. The van der Waals surface area contributed by atoms with Gasteiger partial charge in [-0.1, -0.05) is 35.9 Å². The third-order valence-electron chi connectivity index (χ3n) is 4.38. The number of hydrogen-bond donors (Lipinski definition) is 0. The highest BCUT2D eigenvalue weighted by Crippen LogP contribution is 2.32. The Labute approximate surface area is 150 Å². The number of rotatable bonds is 4. The molecule has 1 fully saturated rings. The number of piperazine rings is 1. The molecule has 0 N–H and O–H groups in total. The first-order valence-electron chi connectivity index (χ1n) is 8.12. The summed E-state index contributed by atoms with van der Waals surface area (Å²) < 4.78 is 39.3. The molecule has 1 aliphatic heterocycles. The first-order valence-corrected chi connectivity index (χ1v) is 8.50. The van der Waals surface area contributed by atoms with E-state index in [-0.39, 0.29) is 0 Å². The highest BCUT2D eigenvalue weighted by Gasteiger charge is 2.33. The van der Waals surface area contributed by atoms with Crippen molar-refractivity contribution in [3.8, 4) is 0 Å². The molecule has 1 aromatic carbocycles. The zero-order chi connectivity index (χ0) is 17.9. The average Bonchev–Trinajstić information content (AvgIpc) is 2.58. The maximum Gasteiger partial charge on any atom is 0.416 e. The molecule has 1 saturated heterocycles. The van der Waals surface area contributed by atoms with Gasteiger partial charge >= 0.3 is 6.18 Å². The van der Waals surface area contributed by atoms with E-state index >= 15 is 0 Å². The molecule has 2 heterocycles. The highest BCUT2D eigenvalue weighted by atomic mass is 35.5. The van der Waals surface area contributed by atoms with E-state index in [4.69, 9.17) is 11.6 Å². The lowest BCUT2D eigenvalue weighted by Crippen LogP contribution is -2.45. The van der Waals surface area contributed by atoms with Crippen molar-refractivity contribution < 1.29 is 13.2 Å². The molecule has 3 rings (SSSR count). The van der Waals surface area contributed by atoms with Crippen molar-refractivity contribution in [2.75, 3.05) is 26.2 Å². The molecular weight excluding hydrogens is 351 g/mol. The van der Waals surface area contributed by atoms with Crippen LogP contribution in [0.2, 0.25) is 5.15 Å². The van der Waals surface area contributed by atoms with Gasteiger partial charge in [0.05, 0.1) is 5.56 Å². The monoisotopic (exact) mass is 369 g/mol. The second-order valence-electron chi connectivity index (χ2n) is 6.20. The normalized spacial score (nSPS) is 17.0. The maximum atomic E-state index is 13.1. The molecule has 0 spiro atoms. The topological polar surface area (TPSA) is 19.4 Å². The van der Waals surface area contributed by atoms with Gasteiger partial charge in [-0.05, 0) is 23.3 Å². The minimum Gasteiger partial charge on any atom is -0.297 e. The summed E-state index contributed by atoms with van der Waals surface area (Å²) in [5, 5.41) is 0.469. The second-order valence-corrected chi connectivity index (χ2v) is 6.58. The molecule has 2 aromatic rings. The van der Waals surface area contributed by atoms with Crippen molar-refractivity contribution in [3.05, 3.63) is 64.4 Å². The fourth-order valence-electron chi connectivity index (χ4n) is 3.04. The lowest BCUT2D eigenvalue weighted by Gasteiger charge is -2.35. The van der Waals surface area contributed by atoms with Crippen molar-refractivity contribution >= 4 is 11.6 Å². The second kappa shape index (κ2) is 7.72. The summed E-state index contributed by atoms with van der Waals surface area (Å²) in [6, 6.07) is 9.52. The van der Waals surface area contributed by atoms with Crippen LogP contribution >= 0.6 is 11.6 Å². The molecule has 7 heteroatoms. The Morgan fingerprint density at radius 3 is 2.16 bits per heavy atom. The molecule has 0 amide bonds. The minimum absolute atomic E-state index is 0.325. The van der Waals surface area contributed by atoms with Crippen LogP contribution in [0.25, 0.3) is 0 Å². The SMILES string of the molecule is FC(F)(F)c1ccccc1CN1CCN(Cc2ccc(Cl)nc2)CC1. The molecule has 1 aliphatic rings. The summed E-state index contributed by atoms with van der Waals surface area (Å²) in [6.07, 6.45) is -2.55. The predicted octanol–water partition coefficient (Wildman–Crippen LogP) is 4.07. The molecule has 0 saturated carbocycles. The van der Waals surface area contributed by atoms with E-state index in [1.54, 1.807) is 24.4 Å². The van der Waals surface area contributed by atoms with Crippen LogP contribution < -0.4 is 0 Å². The van der Waals surface area contributed by atoms with Crippen LogP contribution in [0.15, 0.2) is 42.6 Å². The number of pyridine rings is 1. The van der Waals surface area contributed by atoms with E-state index in [1.807, 2.05) is 6.07 Å². The first-order chi connectivity index (χ1) is 11.9. The molecule has 0 bridgehead atoms. The Balaban J connectivity index is 1.56. The molecule has 0 unspecified atom stereocenters. The third-order valence-corrected chi connectivity index (χ3v) is 4.60. The lowest BCUT2D eigenvalue weighted by molar-refractivity contribution is -0.138. The molecule has 25 heavy (non-hydrogen) atoms. The number of nitrogens with zero attached hydrogens (tertiary/aromatic N) is 3. The lowest BCUT2D eigenvalue weighted by atomic mass is 10.1. The van der Waals surface area contributed by atoms with E-state index in [2.05, 4.69) is 14.8 Å². The Kier molecular flexibility index (Phi) is 5.61. The van der Waals surface area contributed by atoms with Crippen LogP contribution in [0.1, 0.15) is 16.7 Å². The van der Waals surface area contributed by atoms with Gasteiger partial charge in [-0.2, -0.15) is 13.2 Å². The van der Waals surface area contributed by atoms with Gasteiger partial charge in [-0.25, -0.2) is 4.98 Å². The summed E-state index contributed by atoms with van der Waals surface area (Å²) in [6.45, 7) is 4.22. The fraction of sp³-hybridized carbons (Fsp3) is 0.389. The predicted molar refractivity (Wildman–Crippen MR) is 91.2 cm³/mol. The fourth-order valence-corrected chi connectivity index (χ4v) is 3.15. The van der Waals surface area contributed by atoms with Crippen molar-refractivity contribution in [3.63, 3.8) is 0 Å². The number of halogens is 4. The zero-order valence-electron chi connectivity index (χ0n) is 13.6. The quantitative estimate of drug-likeness (QED) is 0.757. The van der Waals surface area contributed by atoms with Crippen LogP contribution in [0, 0.1) is 0 Å². The van der Waals surface area contributed by atoms with E-state index < -0.39 is 11.7 Å². The minimum atomic E-state index is -4.31. The van der Waals surface area contributed by atoms with Crippen molar-refractivity contribution in [2.24, 2.45) is 0 Å². The summed E-state index contributed by atoms with van der Waals surface area (Å²) >= 11 is 5.78. The average molecular weight is 370 g/mol. The van der Waals surface area contributed by atoms with Gasteiger partial charge in [0.25, 0.3) is 0 Å². The van der Waals surface area contributed by atoms with Gasteiger partial charge in [-0.3, -0.25) is 9.80 Å². The molecular formula is C18H19ClF3N3. The van der Waals surface area contributed by atoms with Crippen LogP contribution in [-0.4, -0.2) is 41.0 Å². The molecule has 1 aromatic heterocycles. The number of aromatic nitrogens is 1. The molecule has 0 radical (unpaired) electrons. The molecule has 134 valence electrons. The third kappa shape index (κ3) is 4.93. The first kappa shape index (κ1) is 18.2. The van der Waals surface area contributed by atoms with E-state index in [9.17, 15) is 13.2 Å². The number of hydrogen-bond acceptors (Lipinski definition) is 3. The van der Waals surface area contributed by atoms with Crippen molar-refractivity contribution in [1.29, 1.82) is 0 Å². The Hall–Kier alpha value is -1.63. The summed E-state index contributed by atoms with van der Waals surface area (Å²) in [7, 11) is 0.